The zero-order valence-electron chi connectivity index (χ0n) is 20.9. The molecule has 2 aromatic rings. The van der Waals surface area contributed by atoms with Crippen LogP contribution in [0, 0.1) is 26.7 Å². The molecule has 1 aliphatic rings. The van der Waals surface area contributed by atoms with Crippen molar-refractivity contribution in [3.8, 4) is 11.5 Å². The smallest absolute Gasteiger partial charge is 0.483 e. The molecule has 0 radical (unpaired) electrons. The molecule has 0 bridgehead atoms. The van der Waals surface area contributed by atoms with Gasteiger partial charge in [0.25, 0.3) is 11.8 Å². The minimum absolute atomic E-state index is 0.0155. The summed E-state index contributed by atoms with van der Waals surface area (Å²) < 4.78 is 15.6. The summed E-state index contributed by atoms with van der Waals surface area (Å²) in [4.78, 5) is 38.3. The number of hydrogen-bond donors (Lipinski definition) is 1. The van der Waals surface area contributed by atoms with Gasteiger partial charge in [0.05, 0.1) is 6.61 Å². The quantitative estimate of drug-likeness (QED) is 0.448. The second-order valence-corrected chi connectivity index (χ2v) is 8.79. The van der Waals surface area contributed by atoms with Crippen LogP contribution in [0.5, 0.6) is 11.5 Å². The predicted octanol–water partition coefficient (Wildman–Crippen LogP) is 4.19. The molecule has 0 aromatic heterocycles. The Bertz CT molecular complexity index is 1040. The summed E-state index contributed by atoms with van der Waals surface area (Å²) in [6, 6.07) is 10.5. The number of piperidine rings is 1. The highest BCUT2D eigenvalue weighted by molar-refractivity contribution is 5.94. The van der Waals surface area contributed by atoms with Crippen LogP contribution < -0.4 is 14.8 Å². The van der Waals surface area contributed by atoms with E-state index in [0.717, 1.165) is 35.3 Å². The average molecular weight is 483 g/mol. The van der Waals surface area contributed by atoms with Crippen molar-refractivity contribution < 1.29 is 28.6 Å². The van der Waals surface area contributed by atoms with Crippen LogP contribution in [0.3, 0.4) is 0 Å². The lowest BCUT2D eigenvalue weighted by atomic mass is 9.96. The molecule has 1 fully saturated rings. The SMILES string of the molecule is CCOC(=O)Oc1ccc(C(=O)N2CCC(CNC(=O)COc3c(C)ccc(C)c3C)CC2)cc1. The van der Waals surface area contributed by atoms with Crippen LogP contribution in [0.1, 0.15) is 46.8 Å². The van der Waals surface area contributed by atoms with Gasteiger partial charge in [0.2, 0.25) is 0 Å². The van der Waals surface area contributed by atoms with Crippen LogP contribution in [-0.2, 0) is 9.53 Å². The first kappa shape index (κ1) is 26.1. The van der Waals surface area contributed by atoms with Gasteiger partial charge in [0.15, 0.2) is 6.61 Å². The molecule has 3 rings (SSSR count). The van der Waals surface area contributed by atoms with E-state index in [9.17, 15) is 14.4 Å². The van der Waals surface area contributed by atoms with Crippen LogP contribution in [0.25, 0.3) is 0 Å². The Hall–Kier alpha value is -3.55. The lowest BCUT2D eigenvalue weighted by molar-refractivity contribution is -0.123. The molecule has 0 saturated carbocycles. The van der Waals surface area contributed by atoms with Crippen LogP contribution in [0.15, 0.2) is 36.4 Å². The molecular formula is C27H34N2O6. The van der Waals surface area contributed by atoms with Gasteiger partial charge >= 0.3 is 6.16 Å². The molecule has 8 nitrogen and oxygen atoms in total. The molecule has 1 aliphatic heterocycles. The molecule has 1 N–H and O–H groups in total. The molecule has 0 atom stereocenters. The zero-order chi connectivity index (χ0) is 25.4. The van der Waals surface area contributed by atoms with Crippen LogP contribution in [0.2, 0.25) is 0 Å². The third-order valence-electron chi connectivity index (χ3n) is 6.28. The van der Waals surface area contributed by atoms with Crippen molar-refractivity contribution >= 4 is 18.0 Å². The number of carbonyl (C=O) groups is 3. The van der Waals surface area contributed by atoms with Gasteiger partial charge in [-0.25, -0.2) is 4.79 Å². The first-order chi connectivity index (χ1) is 16.8. The third-order valence-corrected chi connectivity index (χ3v) is 6.28. The molecule has 35 heavy (non-hydrogen) atoms. The minimum Gasteiger partial charge on any atom is -0.483 e. The Morgan fingerprint density at radius 2 is 1.63 bits per heavy atom. The van der Waals surface area contributed by atoms with Crippen molar-refractivity contribution in [1.29, 1.82) is 0 Å². The fraction of sp³-hybridized carbons (Fsp3) is 0.444. The van der Waals surface area contributed by atoms with Crippen molar-refractivity contribution in [2.24, 2.45) is 5.92 Å². The standard InChI is InChI=1S/C27H34N2O6/c1-5-33-27(32)35-23-10-8-22(9-11-23)26(31)29-14-12-21(13-15-29)16-28-24(30)17-34-25-19(3)7-6-18(2)20(25)4/h6-11,21H,5,12-17H2,1-4H3,(H,28,30). The Labute approximate surface area is 206 Å². The summed E-state index contributed by atoms with van der Waals surface area (Å²) in [5.41, 5.74) is 3.73. The van der Waals surface area contributed by atoms with E-state index in [1.165, 1.54) is 0 Å². The third kappa shape index (κ3) is 7.21. The normalized spacial score (nSPS) is 13.8. The van der Waals surface area contributed by atoms with Crippen molar-refractivity contribution in [2.45, 2.75) is 40.5 Å². The molecule has 188 valence electrons. The maximum Gasteiger partial charge on any atom is 0.513 e. The van der Waals surface area contributed by atoms with E-state index in [1.54, 1.807) is 31.2 Å². The minimum atomic E-state index is -0.771. The van der Waals surface area contributed by atoms with E-state index in [0.29, 0.717) is 36.9 Å². The summed E-state index contributed by atoms with van der Waals surface area (Å²) in [6.45, 7) is 9.72. The Morgan fingerprint density at radius 3 is 2.29 bits per heavy atom. The van der Waals surface area contributed by atoms with Crippen molar-refractivity contribution in [1.82, 2.24) is 10.2 Å². The number of carbonyl (C=O) groups excluding carboxylic acids is 3. The summed E-state index contributed by atoms with van der Waals surface area (Å²) >= 11 is 0. The highest BCUT2D eigenvalue weighted by Gasteiger charge is 2.24. The van der Waals surface area contributed by atoms with Crippen LogP contribution >= 0.6 is 0 Å². The number of ether oxygens (including phenoxy) is 3. The van der Waals surface area contributed by atoms with E-state index in [2.05, 4.69) is 5.32 Å². The van der Waals surface area contributed by atoms with Gasteiger partial charge in [-0.2, -0.15) is 0 Å². The number of likely N-dealkylation sites (tertiary alicyclic amines) is 1. The van der Waals surface area contributed by atoms with Gasteiger partial charge in [0, 0.05) is 25.2 Å². The summed E-state index contributed by atoms with van der Waals surface area (Å²) in [5.74, 6) is 1.20. The lowest BCUT2D eigenvalue weighted by Crippen LogP contribution is -2.42. The Morgan fingerprint density at radius 1 is 0.971 bits per heavy atom. The highest BCUT2D eigenvalue weighted by atomic mass is 16.7. The molecule has 0 aliphatic carbocycles. The van der Waals surface area contributed by atoms with E-state index >= 15 is 0 Å². The molecule has 8 heteroatoms. The number of hydrogen-bond acceptors (Lipinski definition) is 6. The second-order valence-electron chi connectivity index (χ2n) is 8.79. The Balaban J connectivity index is 1.40. The number of rotatable bonds is 8. The molecule has 0 spiro atoms. The first-order valence-corrected chi connectivity index (χ1v) is 12.0. The van der Waals surface area contributed by atoms with Crippen molar-refractivity contribution in [2.75, 3.05) is 32.8 Å². The van der Waals surface area contributed by atoms with E-state index in [-0.39, 0.29) is 25.0 Å². The number of benzene rings is 2. The number of aryl methyl sites for hydroxylation is 2. The number of nitrogens with one attached hydrogen (secondary N) is 1. The zero-order valence-corrected chi connectivity index (χ0v) is 20.9. The summed E-state index contributed by atoms with van der Waals surface area (Å²) in [6.07, 6.45) is 0.854. The molecule has 0 unspecified atom stereocenters. The van der Waals surface area contributed by atoms with Crippen LogP contribution in [-0.4, -0.2) is 55.7 Å². The van der Waals surface area contributed by atoms with Gasteiger partial charge in [-0.15, -0.1) is 0 Å². The van der Waals surface area contributed by atoms with Crippen LogP contribution in [0.4, 0.5) is 4.79 Å². The van der Waals surface area contributed by atoms with Gasteiger partial charge in [-0.1, -0.05) is 12.1 Å². The topological polar surface area (TPSA) is 94.2 Å². The number of nitrogens with zero attached hydrogens (tertiary/aromatic N) is 1. The van der Waals surface area contributed by atoms with E-state index < -0.39 is 6.16 Å². The highest BCUT2D eigenvalue weighted by Crippen LogP contribution is 2.25. The Kier molecular flexibility index (Phi) is 9.11. The van der Waals surface area contributed by atoms with E-state index in [1.807, 2.05) is 37.8 Å². The molecular weight excluding hydrogens is 448 g/mol. The first-order valence-electron chi connectivity index (χ1n) is 12.0. The number of amides is 2. The largest absolute Gasteiger partial charge is 0.513 e. The molecule has 2 amide bonds. The van der Waals surface area contributed by atoms with Gasteiger partial charge < -0.3 is 24.4 Å². The monoisotopic (exact) mass is 482 g/mol. The molecule has 2 aromatic carbocycles. The lowest BCUT2D eigenvalue weighted by Gasteiger charge is -2.32. The van der Waals surface area contributed by atoms with Gasteiger partial charge in [-0.3, -0.25) is 9.59 Å². The molecule has 1 heterocycles. The van der Waals surface area contributed by atoms with Crippen molar-refractivity contribution in [3.63, 3.8) is 0 Å². The maximum atomic E-state index is 12.8. The predicted molar refractivity (Wildman–Crippen MR) is 132 cm³/mol. The van der Waals surface area contributed by atoms with Gasteiger partial charge in [-0.05, 0) is 87.4 Å². The van der Waals surface area contributed by atoms with E-state index in [4.69, 9.17) is 14.2 Å². The van der Waals surface area contributed by atoms with Gasteiger partial charge in [0.1, 0.15) is 11.5 Å². The molecule has 1 saturated heterocycles. The second kappa shape index (κ2) is 12.2. The fourth-order valence-electron chi connectivity index (χ4n) is 4.03. The fourth-order valence-corrected chi connectivity index (χ4v) is 4.03. The summed E-state index contributed by atoms with van der Waals surface area (Å²) in [5, 5.41) is 2.96. The van der Waals surface area contributed by atoms with Crippen molar-refractivity contribution in [3.05, 3.63) is 58.7 Å². The maximum absolute atomic E-state index is 12.8. The summed E-state index contributed by atoms with van der Waals surface area (Å²) in [7, 11) is 0. The average Bonchev–Trinajstić information content (AvgIpc) is 2.85.